The highest BCUT2D eigenvalue weighted by Gasteiger charge is 2.13. The molecule has 13 heteroatoms. The lowest BCUT2D eigenvalue weighted by molar-refractivity contribution is 0.239. The summed E-state index contributed by atoms with van der Waals surface area (Å²) < 4.78 is 16.5. The van der Waals surface area contributed by atoms with Crippen LogP contribution in [0.15, 0.2) is 36.4 Å². The monoisotopic (exact) mass is 456 g/mol. The van der Waals surface area contributed by atoms with Crippen molar-refractivity contribution in [1.82, 2.24) is 51.0 Å². The van der Waals surface area contributed by atoms with E-state index in [1.165, 1.54) is 15.4 Å². The third kappa shape index (κ3) is 4.54. The lowest BCUT2D eigenvalue weighted by Gasteiger charge is -2.09. The molecule has 2 N–H and O–H groups in total. The molecule has 0 radical (unpaired) electrons. The van der Waals surface area contributed by atoms with Gasteiger partial charge in [0.2, 0.25) is 0 Å². The molecule has 0 unspecified atom stereocenters. The Labute approximate surface area is 186 Å². The normalized spacial score (nSPS) is 10.9. The van der Waals surface area contributed by atoms with Crippen molar-refractivity contribution in [3.8, 4) is 11.4 Å². The smallest absolute Gasteiger partial charge is 0.315 e. The summed E-state index contributed by atoms with van der Waals surface area (Å²) in [6, 6.07) is 9.43. The van der Waals surface area contributed by atoms with Crippen LogP contribution in [0.25, 0.3) is 11.4 Å². The number of amides is 2. The minimum atomic E-state index is -0.461. The van der Waals surface area contributed by atoms with Gasteiger partial charge in [0.1, 0.15) is 5.82 Å². The molecule has 0 aliphatic carbocycles. The van der Waals surface area contributed by atoms with Crippen LogP contribution >= 0.6 is 11.6 Å². The second-order valence-electron chi connectivity index (χ2n) is 6.92. The predicted octanol–water partition coefficient (Wildman–Crippen LogP) is 2.05. The fraction of sp³-hybridized carbons (Fsp3) is 0.211. The molecule has 0 saturated carbocycles. The van der Waals surface area contributed by atoms with Gasteiger partial charge in [-0.25, -0.2) is 9.18 Å². The molecule has 164 valence electrons. The first-order valence-corrected chi connectivity index (χ1v) is 9.89. The number of hydrogen-bond donors (Lipinski definition) is 2. The molecule has 0 spiro atoms. The number of urea groups is 1. The van der Waals surface area contributed by atoms with E-state index in [0.29, 0.717) is 27.9 Å². The zero-order valence-corrected chi connectivity index (χ0v) is 17.9. The number of carbonyl (C=O) groups is 1. The maximum Gasteiger partial charge on any atom is 0.315 e. The molecule has 0 aliphatic rings. The maximum absolute atomic E-state index is 13.5. The fourth-order valence-corrected chi connectivity index (χ4v) is 3.05. The van der Waals surface area contributed by atoms with E-state index in [0.717, 1.165) is 11.3 Å². The molecule has 0 fully saturated rings. The van der Waals surface area contributed by atoms with Gasteiger partial charge in [-0.05, 0) is 82.2 Å². The van der Waals surface area contributed by atoms with Gasteiger partial charge in [-0.1, -0.05) is 11.6 Å². The molecule has 4 aromatic rings. The van der Waals surface area contributed by atoms with Crippen molar-refractivity contribution in [2.45, 2.75) is 26.9 Å². The molecule has 2 aromatic carbocycles. The number of halogens is 2. The Bertz CT molecular complexity index is 1170. The number of benzene rings is 2. The molecule has 0 saturated heterocycles. The van der Waals surface area contributed by atoms with Gasteiger partial charge in [0.05, 0.1) is 24.5 Å². The predicted molar refractivity (Wildman–Crippen MR) is 112 cm³/mol. The van der Waals surface area contributed by atoms with Gasteiger partial charge in [-0.3, -0.25) is 0 Å². The molecular weight excluding hydrogens is 439 g/mol. The zero-order valence-electron chi connectivity index (χ0n) is 17.1. The van der Waals surface area contributed by atoms with Crippen molar-refractivity contribution in [3.05, 3.63) is 70.0 Å². The number of carbonyl (C=O) groups excluding carboxylic acids is 1. The summed E-state index contributed by atoms with van der Waals surface area (Å²) in [5, 5.41) is 29.1. The molecule has 2 amide bonds. The molecule has 0 atom stereocenters. The van der Waals surface area contributed by atoms with E-state index >= 15 is 0 Å². The van der Waals surface area contributed by atoms with Crippen molar-refractivity contribution in [2.75, 3.05) is 0 Å². The third-order valence-electron chi connectivity index (χ3n) is 4.65. The van der Waals surface area contributed by atoms with Crippen LogP contribution in [0, 0.1) is 19.7 Å². The number of rotatable bonds is 6. The first kappa shape index (κ1) is 21.3. The highest BCUT2D eigenvalue weighted by molar-refractivity contribution is 6.31. The van der Waals surface area contributed by atoms with Gasteiger partial charge < -0.3 is 10.6 Å². The van der Waals surface area contributed by atoms with Gasteiger partial charge in [-0.2, -0.15) is 9.36 Å². The number of aryl methyl sites for hydroxylation is 2. The van der Waals surface area contributed by atoms with Crippen LogP contribution in [-0.2, 0) is 13.1 Å². The van der Waals surface area contributed by atoms with Crippen LogP contribution in [0.3, 0.4) is 0 Å². The van der Waals surface area contributed by atoms with Crippen molar-refractivity contribution >= 4 is 17.6 Å². The Hall–Kier alpha value is -3.93. The Morgan fingerprint density at radius 1 is 0.906 bits per heavy atom. The van der Waals surface area contributed by atoms with Crippen molar-refractivity contribution in [2.24, 2.45) is 0 Å². The van der Waals surface area contributed by atoms with Crippen LogP contribution < -0.4 is 10.6 Å². The number of nitrogens with zero attached hydrogens (tertiary/aromatic N) is 8. The van der Waals surface area contributed by atoms with Crippen molar-refractivity contribution in [3.63, 3.8) is 0 Å². The largest absolute Gasteiger partial charge is 0.331 e. The standard InChI is InChI=1S/C19H18ClFN10O/c1-11-7-13(3-5-15(11)20)30-17(24-26-28-30)9-22-19(32)23-10-18-25-27-29-31(18)14-4-6-16(21)12(2)8-14/h3-8H,9-10H2,1-2H3,(H2,22,23,32). The lowest BCUT2D eigenvalue weighted by Crippen LogP contribution is -2.36. The van der Waals surface area contributed by atoms with Gasteiger partial charge in [0.25, 0.3) is 0 Å². The average molecular weight is 457 g/mol. The molecule has 4 rings (SSSR count). The summed E-state index contributed by atoms with van der Waals surface area (Å²) in [5.41, 5.74) is 2.65. The molecule has 2 heterocycles. The number of nitrogens with one attached hydrogen (secondary N) is 2. The van der Waals surface area contributed by atoms with Gasteiger partial charge in [0.15, 0.2) is 11.6 Å². The van der Waals surface area contributed by atoms with Crippen LogP contribution in [0.5, 0.6) is 0 Å². The third-order valence-corrected chi connectivity index (χ3v) is 5.08. The summed E-state index contributed by atoms with van der Waals surface area (Å²) >= 11 is 6.07. The molecule has 0 aliphatic heterocycles. The Morgan fingerprint density at radius 3 is 1.97 bits per heavy atom. The second kappa shape index (κ2) is 9.06. The van der Waals surface area contributed by atoms with Gasteiger partial charge in [0, 0.05) is 5.02 Å². The molecule has 32 heavy (non-hydrogen) atoms. The highest BCUT2D eigenvalue weighted by Crippen LogP contribution is 2.19. The van der Waals surface area contributed by atoms with E-state index in [1.54, 1.807) is 31.2 Å². The average Bonchev–Trinajstić information content (AvgIpc) is 3.44. The summed E-state index contributed by atoms with van der Waals surface area (Å²) in [6.45, 7) is 3.66. The molecule has 2 aromatic heterocycles. The summed E-state index contributed by atoms with van der Waals surface area (Å²) in [7, 11) is 0. The van der Waals surface area contributed by atoms with E-state index in [2.05, 4.69) is 41.7 Å². The summed E-state index contributed by atoms with van der Waals surface area (Å²) in [6.07, 6.45) is 0. The Morgan fingerprint density at radius 2 is 1.44 bits per heavy atom. The van der Waals surface area contributed by atoms with E-state index in [9.17, 15) is 9.18 Å². The quantitative estimate of drug-likeness (QED) is 0.454. The van der Waals surface area contributed by atoms with Crippen LogP contribution in [-0.4, -0.2) is 46.4 Å². The van der Waals surface area contributed by atoms with Crippen LogP contribution in [0.2, 0.25) is 5.02 Å². The van der Waals surface area contributed by atoms with Crippen LogP contribution in [0.4, 0.5) is 9.18 Å². The number of hydrogen-bond acceptors (Lipinski definition) is 7. The number of tetrazole rings is 2. The Balaban J connectivity index is 1.37. The SMILES string of the molecule is Cc1cc(-n2nnnc2CNC(=O)NCc2nnnn2-c2ccc(Cl)c(C)c2)ccc1F. The first-order chi connectivity index (χ1) is 15.4. The van der Waals surface area contributed by atoms with Crippen LogP contribution in [0.1, 0.15) is 22.8 Å². The van der Waals surface area contributed by atoms with E-state index in [1.807, 2.05) is 13.0 Å². The Kier molecular flexibility index (Phi) is 6.03. The number of aromatic nitrogens is 8. The molecule has 0 bridgehead atoms. The first-order valence-electron chi connectivity index (χ1n) is 9.51. The van der Waals surface area contributed by atoms with E-state index in [-0.39, 0.29) is 18.9 Å². The minimum absolute atomic E-state index is 0.0522. The summed E-state index contributed by atoms with van der Waals surface area (Å²) in [4.78, 5) is 12.3. The van der Waals surface area contributed by atoms with E-state index < -0.39 is 6.03 Å². The van der Waals surface area contributed by atoms with Crippen molar-refractivity contribution < 1.29 is 9.18 Å². The topological polar surface area (TPSA) is 128 Å². The molecule has 11 nitrogen and oxygen atoms in total. The van der Waals surface area contributed by atoms with E-state index in [4.69, 9.17) is 11.6 Å². The summed E-state index contributed by atoms with van der Waals surface area (Å²) in [5.74, 6) is 0.498. The fourth-order valence-electron chi connectivity index (χ4n) is 2.94. The highest BCUT2D eigenvalue weighted by atomic mass is 35.5. The second-order valence-corrected chi connectivity index (χ2v) is 7.32. The molecular formula is C19H18ClFN10O. The van der Waals surface area contributed by atoms with Crippen molar-refractivity contribution in [1.29, 1.82) is 0 Å². The maximum atomic E-state index is 13.5. The van der Waals surface area contributed by atoms with Gasteiger partial charge in [-0.15, -0.1) is 10.2 Å². The van der Waals surface area contributed by atoms with Gasteiger partial charge >= 0.3 is 6.03 Å². The lowest BCUT2D eigenvalue weighted by atomic mass is 10.2. The minimum Gasteiger partial charge on any atom is -0.331 e. The zero-order chi connectivity index (χ0) is 22.7.